The Morgan fingerprint density at radius 1 is 1.54 bits per heavy atom. The highest BCUT2D eigenvalue weighted by Crippen LogP contribution is 2.31. The van der Waals surface area contributed by atoms with Crippen LogP contribution in [-0.4, -0.2) is 13.0 Å². The standard InChI is InChI=1S/C9H9FN2O/c1-12-8-3-5(11)2-7(10)6(8)4-9(12)13/h2-3H,4,11H2,1H3. The molecule has 2 rings (SSSR count). The summed E-state index contributed by atoms with van der Waals surface area (Å²) in [4.78, 5) is 12.6. The molecule has 0 bridgehead atoms. The maximum absolute atomic E-state index is 13.2. The largest absolute Gasteiger partial charge is 0.399 e. The van der Waals surface area contributed by atoms with Gasteiger partial charge in [-0.05, 0) is 12.1 Å². The minimum absolute atomic E-state index is 0.0977. The first-order chi connectivity index (χ1) is 6.09. The number of carbonyl (C=O) groups is 1. The zero-order valence-corrected chi connectivity index (χ0v) is 7.17. The predicted molar refractivity (Wildman–Crippen MR) is 47.9 cm³/mol. The molecule has 0 saturated heterocycles. The number of benzene rings is 1. The molecule has 68 valence electrons. The van der Waals surface area contributed by atoms with Crippen molar-refractivity contribution in [2.24, 2.45) is 0 Å². The van der Waals surface area contributed by atoms with Crippen LogP contribution in [0.2, 0.25) is 0 Å². The van der Waals surface area contributed by atoms with Gasteiger partial charge in [0.2, 0.25) is 5.91 Å². The second-order valence-corrected chi connectivity index (χ2v) is 3.13. The molecule has 1 aliphatic rings. The Labute approximate surface area is 74.9 Å². The number of fused-ring (bicyclic) bond motifs is 1. The van der Waals surface area contributed by atoms with Gasteiger partial charge < -0.3 is 10.6 Å². The number of amides is 1. The van der Waals surface area contributed by atoms with Gasteiger partial charge in [-0.1, -0.05) is 0 Å². The Kier molecular flexibility index (Phi) is 1.52. The highest BCUT2D eigenvalue weighted by molar-refractivity contribution is 6.01. The minimum atomic E-state index is -0.396. The molecule has 4 heteroatoms. The lowest BCUT2D eigenvalue weighted by Crippen LogP contribution is -2.20. The van der Waals surface area contributed by atoms with E-state index in [0.717, 1.165) is 0 Å². The van der Waals surface area contributed by atoms with Crippen LogP contribution >= 0.6 is 0 Å². The number of nitrogens with zero attached hydrogens (tertiary/aromatic N) is 1. The topological polar surface area (TPSA) is 46.3 Å². The van der Waals surface area contributed by atoms with Crippen molar-refractivity contribution in [3.63, 3.8) is 0 Å². The molecule has 0 aromatic heterocycles. The molecular weight excluding hydrogens is 171 g/mol. The smallest absolute Gasteiger partial charge is 0.231 e. The number of nitrogens with two attached hydrogens (primary N) is 1. The van der Waals surface area contributed by atoms with Crippen molar-refractivity contribution >= 4 is 17.3 Å². The molecule has 1 aliphatic heterocycles. The van der Waals surface area contributed by atoms with Gasteiger partial charge in [-0.3, -0.25) is 4.79 Å². The zero-order chi connectivity index (χ0) is 9.59. The Balaban J connectivity index is 2.63. The molecule has 2 N–H and O–H groups in total. The number of anilines is 2. The number of hydrogen-bond acceptors (Lipinski definition) is 2. The Bertz CT molecular complexity index is 389. The fraction of sp³-hybridized carbons (Fsp3) is 0.222. The van der Waals surface area contributed by atoms with Gasteiger partial charge in [-0.25, -0.2) is 4.39 Å². The third-order valence-electron chi connectivity index (χ3n) is 2.26. The van der Waals surface area contributed by atoms with Crippen molar-refractivity contribution in [2.75, 3.05) is 17.7 Å². The van der Waals surface area contributed by atoms with E-state index in [1.165, 1.54) is 11.0 Å². The average molecular weight is 180 g/mol. The molecule has 1 aromatic carbocycles. The highest BCUT2D eigenvalue weighted by Gasteiger charge is 2.26. The van der Waals surface area contributed by atoms with E-state index in [9.17, 15) is 9.18 Å². The van der Waals surface area contributed by atoms with Gasteiger partial charge >= 0.3 is 0 Å². The number of halogens is 1. The molecule has 13 heavy (non-hydrogen) atoms. The van der Waals surface area contributed by atoms with Gasteiger partial charge in [0.1, 0.15) is 5.82 Å². The van der Waals surface area contributed by atoms with Crippen molar-refractivity contribution in [3.05, 3.63) is 23.5 Å². The average Bonchev–Trinajstić information content (AvgIpc) is 2.32. The van der Waals surface area contributed by atoms with Crippen LogP contribution in [0, 0.1) is 5.82 Å². The molecular formula is C9H9FN2O. The quantitative estimate of drug-likeness (QED) is 0.603. The van der Waals surface area contributed by atoms with Crippen molar-refractivity contribution in [1.29, 1.82) is 0 Å². The third kappa shape index (κ3) is 1.06. The molecule has 0 saturated carbocycles. The predicted octanol–water partition coefficient (Wildman–Crippen LogP) is 0.927. The number of carbonyl (C=O) groups excluding carboxylic acids is 1. The maximum atomic E-state index is 13.2. The van der Waals surface area contributed by atoms with Gasteiger partial charge in [0.25, 0.3) is 0 Å². The lowest BCUT2D eigenvalue weighted by molar-refractivity contribution is -0.117. The summed E-state index contributed by atoms with van der Waals surface area (Å²) >= 11 is 0. The van der Waals surface area contributed by atoms with Crippen LogP contribution in [0.25, 0.3) is 0 Å². The third-order valence-corrected chi connectivity index (χ3v) is 2.26. The Morgan fingerprint density at radius 2 is 2.23 bits per heavy atom. The van der Waals surface area contributed by atoms with E-state index in [1.54, 1.807) is 13.1 Å². The summed E-state index contributed by atoms with van der Waals surface area (Å²) in [7, 11) is 1.62. The van der Waals surface area contributed by atoms with Crippen molar-refractivity contribution in [2.45, 2.75) is 6.42 Å². The minimum Gasteiger partial charge on any atom is -0.399 e. The number of hydrogen-bond donors (Lipinski definition) is 1. The highest BCUT2D eigenvalue weighted by atomic mass is 19.1. The molecule has 0 radical (unpaired) electrons. The van der Waals surface area contributed by atoms with Crippen LogP contribution < -0.4 is 10.6 Å². The summed E-state index contributed by atoms with van der Waals surface area (Å²) in [6.45, 7) is 0. The van der Waals surface area contributed by atoms with E-state index < -0.39 is 5.82 Å². The Morgan fingerprint density at radius 3 is 2.92 bits per heavy atom. The molecule has 0 aliphatic carbocycles. The fourth-order valence-corrected chi connectivity index (χ4v) is 1.52. The number of likely N-dealkylation sites (N-methyl/N-ethyl adjacent to an activating group) is 1. The van der Waals surface area contributed by atoms with Gasteiger partial charge in [0, 0.05) is 18.3 Å². The van der Waals surface area contributed by atoms with Crippen molar-refractivity contribution in [3.8, 4) is 0 Å². The lowest BCUT2D eigenvalue weighted by atomic mass is 10.1. The summed E-state index contributed by atoms with van der Waals surface area (Å²) in [5.74, 6) is -0.493. The fourth-order valence-electron chi connectivity index (χ4n) is 1.52. The lowest BCUT2D eigenvalue weighted by Gasteiger charge is -2.10. The number of rotatable bonds is 0. The second kappa shape index (κ2) is 2.45. The van der Waals surface area contributed by atoms with E-state index in [2.05, 4.69) is 0 Å². The van der Waals surface area contributed by atoms with Crippen LogP contribution in [-0.2, 0) is 11.2 Å². The van der Waals surface area contributed by atoms with Gasteiger partial charge in [0.05, 0.1) is 12.1 Å². The molecule has 3 nitrogen and oxygen atoms in total. The second-order valence-electron chi connectivity index (χ2n) is 3.13. The SMILES string of the molecule is CN1C(=O)Cc2c(F)cc(N)cc21. The molecule has 0 unspecified atom stereocenters. The van der Waals surface area contributed by atoms with Crippen LogP contribution in [0.5, 0.6) is 0 Å². The van der Waals surface area contributed by atoms with E-state index >= 15 is 0 Å². The summed E-state index contributed by atoms with van der Waals surface area (Å²) in [5.41, 5.74) is 6.84. The maximum Gasteiger partial charge on any atom is 0.231 e. The van der Waals surface area contributed by atoms with E-state index in [0.29, 0.717) is 16.9 Å². The molecule has 1 heterocycles. The van der Waals surface area contributed by atoms with Crippen LogP contribution in [0.1, 0.15) is 5.56 Å². The van der Waals surface area contributed by atoms with Crippen molar-refractivity contribution in [1.82, 2.24) is 0 Å². The van der Waals surface area contributed by atoms with Crippen LogP contribution in [0.4, 0.5) is 15.8 Å². The van der Waals surface area contributed by atoms with E-state index in [4.69, 9.17) is 5.73 Å². The molecule has 1 aromatic rings. The normalized spacial score (nSPS) is 14.9. The first-order valence-electron chi connectivity index (χ1n) is 3.94. The van der Waals surface area contributed by atoms with Crippen LogP contribution in [0.3, 0.4) is 0 Å². The summed E-state index contributed by atoms with van der Waals surface area (Å²) in [6, 6.07) is 2.86. The van der Waals surface area contributed by atoms with Gasteiger partial charge in [-0.15, -0.1) is 0 Å². The van der Waals surface area contributed by atoms with Crippen LogP contribution in [0.15, 0.2) is 12.1 Å². The molecule has 1 amide bonds. The molecule has 0 spiro atoms. The first-order valence-corrected chi connectivity index (χ1v) is 3.94. The summed E-state index contributed by atoms with van der Waals surface area (Å²) in [5, 5.41) is 0. The van der Waals surface area contributed by atoms with Gasteiger partial charge in [0.15, 0.2) is 0 Å². The molecule has 0 atom stereocenters. The first kappa shape index (κ1) is 8.04. The summed E-state index contributed by atoms with van der Waals surface area (Å²) in [6.07, 6.45) is 0.137. The Hall–Kier alpha value is -1.58. The van der Waals surface area contributed by atoms with E-state index in [1.807, 2.05) is 0 Å². The van der Waals surface area contributed by atoms with E-state index in [-0.39, 0.29) is 12.3 Å². The van der Waals surface area contributed by atoms with Gasteiger partial charge in [-0.2, -0.15) is 0 Å². The summed E-state index contributed by atoms with van der Waals surface area (Å²) < 4.78 is 13.2. The van der Waals surface area contributed by atoms with Crippen molar-refractivity contribution < 1.29 is 9.18 Å². The molecule has 0 fully saturated rings. The number of nitrogen functional groups attached to an aromatic ring is 1. The zero-order valence-electron chi connectivity index (χ0n) is 7.17. The monoisotopic (exact) mass is 180 g/mol.